The fourth-order valence-corrected chi connectivity index (χ4v) is 3.15. The minimum atomic E-state index is 0.213. The normalized spacial score (nSPS) is 18.0. The van der Waals surface area contributed by atoms with E-state index in [0.29, 0.717) is 12.4 Å². The summed E-state index contributed by atoms with van der Waals surface area (Å²) in [7, 11) is 0. The number of carbonyl (C=O) groups is 1. The highest BCUT2D eigenvalue weighted by Gasteiger charge is 2.22. The van der Waals surface area contributed by atoms with Crippen LogP contribution in [0.3, 0.4) is 0 Å². The molecule has 1 fully saturated rings. The van der Waals surface area contributed by atoms with Gasteiger partial charge in [-0.3, -0.25) is 4.79 Å². The van der Waals surface area contributed by atoms with Crippen molar-refractivity contribution in [1.29, 1.82) is 0 Å². The molecular weight excluding hydrogens is 308 g/mol. The molecule has 2 aromatic rings. The summed E-state index contributed by atoms with van der Waals surface area (Å²) in [5.41, 5.74) is 2.30. The Bertz CT molecular complexity index is 646. The lowest BCUT2D eigenvalue weighted by Crippen LogP contribution is -2.20. The second-order valence-electron chi connectivity index (χ2n) is 6.17. The molecule has 1 saturated carbocycles. The van der Waals surface area contributed by atoms with Gasteiger partial charge in [-0.05, 0) is 54.7 Å². The summed E-state index contributed by atoms with van der Waals surface area (Å²) >= 11 is 5.87. The molecule has 2 aromatic carbocycles. The fourth-order valence-electron chi connectivity index (χ4n) is 3.02. The van der Waals surface area contributed by atoms with Crippen LogP contribution in [0.1, 0.15) is 36.8 Å². The number of carbonyl (C=O) groups excluding carboxylic acids is 1. The van der Waals surface area contributed by atoms with Crippen LogP contribution < -0.4 is 4.74 Å². The van der Waals surface area contributed by atoms with Gasteiger partial charge in [0.1, 0.15) is 18.1 Å². The Morgan fingerprint density at radius 1 is 0.957 bits per heavy atom. The lowest BCUT2D eigenvalue weighted by Gasteiger charge is -2.20. The number of ketones is 1. The van der Waals surface area contributed by atoms with Gasteiger partial charge in [0, 0.05) is 17.4 Å². The van der Waals surface area contributed by atoms with Crippen molar-refractivity contribution in [2.75, 3.05) is 0 Å². The molecule has 120 valence electrons. The summed E-state index contributed by atoms with van der Waals surface area (Å²) in [6.07, 6.45) is 4.89. The maximum atomic E-state index is 11.9. The van der Waals surface area contributed by atoms with Crippen LogP contribution in [-0.2, 0) is 17.8 Å². The van der Waals surface area contributed by atoms with Crippen LogP contribution in [0.2, 0.25) is 5.02 Å². The highest BCUT2D eigenvalue weighted by molar-refractivity contribution is 6.30. The molecule has 1 aliphatic rings. The summed E-state index contributed by atoms with van der Waals surface area (Å²) < 4.78 is 5.79. The van der Waals surface area contributed by atoms with E-state index < -0.39 is 0 Å². The Balaban J connectivity index is 1.54. The predicted octanol–water partition coefficient (Wildman–Crippen LogP) is 5.22. The minimum absolute atomic E-state index is 0.213. The van der Waals surface area contributed by atoms with Crippen molar-refractivity contribution < 1.29 is 9.53 Å². The topological polar surface area (TPSA) is 26.3 Å². The zero-order valence-electron chi connectivity index (χ0n) is 13.1. The van der Waals surface area contributed by atoms with Crippen molar-refractivity contribution in [1.82, 2.24) is 0 Å². The first-order valence-corrected chi connectivity index (χ1v) is 8.57. The fraction of sp³-hybridized carbons (Fsp3) is 0.350. The highest BCUT2D eigenvalue weighted by atomic mass is 35.5. The van der Waals surface area contributed by atoms with Crippen LogP contribution in [0.25, 0.3) is 0 Å². The van der Waals surface area contributed by atoms with Crippen molar-refractivity contribution in [3.63, 3.8) is 0 Å². The van der Waals surface area contributed by atoms with E-state index in [0.717, 1.165) is 42.0 Å². The van der Waals surface area contributed by atoms with Gasteiger partial charge in [0.2, 0.25) is 0 Å². The average Bonchev–Trinajstić information content (AvgIpc) is 2.58. The van der Waals surface area contributed by atoms with Crippen LogP contribution in [-0.4, -0.2) is 5.78 Å². The summed E-state index contributed by atoms with van der Waals surface area (Å²) in [6.45, 7) is 0.525. The van der Waals surface area contributed by atoms with Gasteiger partial charge in [0.05, 0.1) is 0 Å². The van der Waals surface area contributed by atoms with E-state index in [1.165, 1.54) is 12.0 Å². The number of rotatable bonds is 5. The van der Waals surface area contributed by atoms with E-state index in [9.17, 15) is 4.79 Å². The molecule has 0 spiro atoms. The quantitative estimate of drug-likeness (QED) is 0.752. The molecule has 0 heterocycles. The second kappa shape index (κ2) is 7.65. The Labute approximate surface area is 142 Å². The first-order chi connectivity index (χ1) is 11.2. The standard InChI is InChI=1S/C20H21ClO2/c21-18-9-5-16(6-10-18)14-23-19-11-7-15(8-12-19)13-17-3-1-2-4-20(17)22/h5-12,17H,1-4,13-14H2. The average molecular weight is 329 g/mol. The van der Waals surface area contributed by atoms with Crippen molar-refractivity contribution in [2.24, 2.45) is 5.92 Å². The maximum absolute atomic E-state index is 11.9. The van der Waals surface area contributed by atoms with Gasteiger partial charge >= 0.3 is 0 Å². The van der Waals surface area contributed by atoms with Gasteiger partial charge in [0.15, 0.2) is 0 Å². The zero-order chi connectivity index (χ0) is 16.1. The zero-order valence-corrected chi connectivity index (χ0v) is 13.9. The summed E-state index contributed by atoms with van der Waals surface area (Å²) in [5.74, 6) is 1.49. The molecule has 3 heteroatoms. The third-order valence-corrected chi connectivity index (χ3v) is 4.66. The number of Topliss-reactive ketones (excluding diaryl/α,β-unsaturated/α-hetero) is 1. The molecule has 0 N–H and O–H groups in total. The molecule has 0 bridgehead atoms. The molecule has 0 radical (unpaired) electrons. The predicted molar refractivity (Wildman–Crippen MR) is 92.9 cm³/mol. The van der Waals surface area contributed by atoms with E-state index in [1.807, 2.05) is 36.4 Å². The maximum Gasteiger partial charge on any atom is 0.136 e. The van der Waals surface area contributed by atoms with Gasteiger partial charge in [-0.2, -0.15) is 0 Å². The van der Waals surface area contributed by atoms with Crippen molar-refractivity contribution in [3.05, 3.63) is 64.7 Å². The molecule has 0 aliphatic heterocycles. The molecule has 3 rings (SSSR count). The van der Waals surface area contributed by atoms with Crippen LogP contribution in [0.4, 0.5) is 0 Å². The monoisotopic (exact) mass is 328 g/mol. The first kappa shape index (κ1) is 16.1. The SMILES string of the molecule is O=C1CCCCC1Cc1ccc(OCc2ccc(Cl)cc2)cc1. The third-order valence-electron chi connectivity index (χ3n) is 4.41. The highest BCUT2D eigenvalue weighted by Crippen LogP contribution is 2.25. The van der Waals surface area contributed by atoms with E-state index in [4.69, 9.17) is 16.3 Å². The molecule has 1 aliphatic carbocycles. The number of hydrogen-bond acceptors (Lipinski definition) is 2. The lowest BCUT2D eigenvalue weighted by atomic mass is 9.84. The van der Waals surface area contributed by atoms with Gasteiger partial charge in [0.25, 0.3) is 0 Å². The van der Waals surface area contributed by atoms with Crippen molar-refractivity contribution >= 4 is 17.4 Å². The van der Waals surface area contributed by atoms with Gasteiger partial charge < -0.3 is 4.74 Å². The molecule has 0 amide bonds. The van der Waals surface area contributed by atoms with E-state index in [-0.39, 0.29) is 5.92 Å². The molecule has 1 atom stereocenters. The van der Waals surface area contributed by atoms with Crippen molar-refractivity contribution in [3.8, 4) is 5.75 Å². The summed E-state index contributed by atoms with van der Waals surface area (Å²) in [5, 5.41) is 0.732. The minimum Gasteiger partial charge on any atom is -0.489 e. The first-order valence-electron chi connectivity index (χ1n) is 8.19. The molecule has 1 unspecified atom stereocenters. The van der Waals surface area contributed by atoms with Gasteiger partial charge in [-0.25, -0.2) is 0 Å². The number of halogens is 1. The van der Waals surface area contributed by atoms with E-state index in [1.54, 1.807) is 0 Å². The largest absolute Gasteiger partial charge is 0.489 e. The van der Waals surface area contributed by atoms with Crippen molar-refractivity contribution in [2.45, 2.75) is 38.7 Å². The Morgan fingerprint density at radius 2 is 1.65 bits per heavy atom. The van der Waals surface area contributed by atoms with Gasteiger partial charge in [-0.1, -0.05) is 42.3 Å². The van der Waals surface area contributed by atoms with E-state index >= 15 is 0 Å². The molecule has 0 saturated heterocycles. The Kier molecular flexibility index (Phi) is 5.35. The molecule has 2 nitrogen and oxygen atoms in total. The van der Waals surface area contributed by atoms with Crippen LogP contribution in [0, 0.1) is 5.92 Å². The van der Waals surface area contributed by atoms with Crippen LogP contribution in [0.15, 0.2) is 48.5 Å². The van der Waals surface area contributed by atoms with Crippen LogP contribution in [0.5, 0.6) is 5.75 Å². The molecular formula is C20H21ClO2. The second-order valence-corrected chi connectivity index (χ2v) is 6.61. The smallest absolute Gasteiger partial charge is 0.136 e. The van der Waals surface area contributed by atoms with Crippen LogP contribution >= 0.6 is 11.6 Å². The third kappa shape index (κ3) is 4.59. The number of benzene rings is 2. The lowest BCUT2D eigenvalue weighted by molar-refractivity contribution is -0.124. The summed E-state index contributed by atoms with van der Waals surface area (Å²) in [6, 6.07) is 15.8. The Morgan fingerprint density at radius 3 is 2.35 bits per heavy atom. The summed E-state index contributed by atoms with van der Waals surface area (Å²) in [4.78, 5) is 11.9. The van der Waals surface area contributed by atoms with E-state index in [2.05, 4.69) is 12.1 Å². The number of ether oxygens (including phenoxy) is 1. The molecule has 0 aromatic heterocycles. The molecule has 23 heavy (non-hydrogen) atoms. The number of hydrogen-bond donors (Lipinski definition) is 0. The van der Waals surface area contributed by atoms with Gasteiger partial charge in [-0.15, -0.1) is 0 Å². The Hall–Kier alpha value is -1.80.